The van der Waals surface area contributed by atoms with Crippen LogP contribution in [0.2, 0.25) is 0 Å². The van der Waals surface area contributed by atoms with Crippen molar-refractivity contribution in [2.24, 2.45) is 0 Å². The third kappa shape index (κ3) is 3.08. The number of likely N-dealkylation sites (tertiary alicyclic amines) is 1. The van der Waals surface area contributed by atoms with Crippen molar-refractivity contribution < 1.29 is 14.6 Å². The Balaban J connectivity index is 1.88. The van der Waals surface area contributed by atoms with Crippen molar-refractivity contribution in [1.82, 2.24) is 9.80 Å². The average Bonchev–Trinajstić information content (AvgIpc) is 2.93. The number of nitrogens with zero attached hydrogens (tertiary/aromatic N) is 2. The topological polar surface area (TPSA) is 53.0 Å². The zero-order chi connectivity index (χ0) is 17.3. The van der Waals surface area contributed by atoms with E-state index in [9.17, 15) is 9.90 Å². The number of methoxy groups -OCH3 is 1. The summed E-state index contributed by atoms with van der Waals surface area (Å²) in [5, 5.41) is 10.1. The Bertz CT molecular complexity index is 604. The Kier molecular flexibility index (Phi) is 4.95. The number of aliphatic hydroxyl groups is 1. The monoisotopic (exact) mass is 332 g/mol. The fourth-order valence-corrected chi connectivity index (χ4v) is 4.28. The molecular weight excluding hydrogens is 304 g/mol. The number of aliphatic hydroxyl groups excluding tert-OH is 1. The molecule has 5 heteroatoms. The molecule has 1 aliphatic carbocycles. The number of rotatable bonds is 4. The standard InChI is InChI=1S/C19H28N2O3/c1-20(2)13-14-6-4-5-7-16(14)18(23)21-11-10-19(24-3)9-8-15(22)12-17(19)21/h4-7,15,17,22H,8-13H2,1-3H3/t15?,17?,19-/m1/s1. The van der Waals surface area contributed by atoms with E-state index >= 15 is 0 Å². The minimum absolute atomic E-state index is 0.0360. The number of benzene rings is 1. The van der Waals surface area contributed by atoms with Crippen molar-refractivity contribution in [2.75, 3.05) is 27.7 Å². The van der Waals surface area contributed by atoms with Gasteiger partial charge in [0.1, 0.15) is 0 Å². The first kappa shape index (κ1) is 17.4. The van der Waals surface area contributed by atoms with Gasteiger partial charge in [-0.2, -0.15) is 0 Å². The molecule has 5 nitrogen and oxygen atoms in total. The van der Waals surface area contributed by atoms with Gasteiger partial charge in [0.15, 0.2) is 0 Å². The maximum Gasteiger partial charge on any atom is 0.254 e. The highest BCUT2D eigenvalue weighted by atomic mass is 16.5. The van der Waals surface area contributed by atoms with Gasteiger partial charge in [-0.15, -0.1) is 0 Å². The summed E-state index contributed by atoms with van der Waals surface area (Å²) in [6.45, 7) is 1.43. The van der Waals surface area contributed by atoms with Gasteiger partial charge in [0.25, 0.3) is 5.91 Å². The number of hydrogen-bond acceptors (Lipinski definition) is 4. The number of fused-ring (bicyclic) bond motifs is 1. The molecule has 1 saturated heterocycles. The van der Waals surface area contributed by atoms with E-state index in [1.165, 1.54) is 0 Å². The Labute approximate surface area is 144 Å². The first-order valence-corrected chi connectivity index (χ1v) is 8.73. The van der Waals surface area contributed by atoms with Gasteiger partial charge in [0.05, 0.1) is 17.7 Å². The van der Waals surface area contributed by atoms with Crippen LogP contribution in [0.4, 0.5) is 0 Å². The van der Waals surface area contributed by atoms with Gasteiger partial charge in [0.2, 0.25) is 0 Å². The molecule has 1 saturated carbocycles. The molecule has 1 aliphatic heterocycles. The van der Waals surface area contributed by atoms with Gasteiger partial charge in [-0.3, -0.25) is 4.79 Å². The predicted molar refractivity (Wildman–Crippen MR) is 92.9 cm³/mol. The quantitative estimate of drug-likeness (QED) is 0.915. The number of ether oxygens (including phenoxy) is 1. The van der Waals surface area contributed by atoms with Crippen LogP contribution in [0.25, 0.3) is 0 Å². The minimum atomic E-state index is -0.344. The smallest absolute Gasteiger partial charge is 0.254 e. The first-order chi connectivity index (χ1) is 11.5. The van der Waals surface area contributed by atoms with E-state index in [1.54, 1.807) is 7.11 Å². The van der Waals surface area contributed by atoms with Crippen molar-refractivity contribution in [3.05, 3.63) is 35.4 Å². The summed E-state index contributed by atoms with van der Waals surface area (Å²) in [6, 6.07) is 7.78. The van der Waals surface area contributed by atoms with Gasteiger partial charge in [-0.25, -0.2) is 0 Å². The summed E-state index contributed by atoms with van der Waals surface area (Å²) in [7, 11) is 5.74. The lowest BCUT2D eigenvalue weighted by molar-refractivity contribution is -0.0824. The number of carbonyl (C=O) groups excluding carboxylic acids is 1. The number of carbonyl (C=O) groups is 1. The van der Waals surface area contributed by atoms with Crippen molar-refractivity contribution in [3.8, 4) is 0 Å². The third-order valence-electron chi connectivity index (χ3n) is 5.56. The lowest BCUT2D eigenvalue weighted by Gasteiger charge is -2.42. The molecule has 0 bridgehead atoms. The molecule has 2 aliphatic rings. The van der Waals surface area contributed by atoms with E-state index in [-0.39, 0.29) is 23.7 Å². The van der Waals surface area contributed by atoms with Crippen LogP contribution >= 0.6 is 0 Å². The second kappa shape index (κ2) is 6.82. The summed E-state index contributed by atoms with van der Waals surface area (Å²) >= 11 is 0. The van der Waals surface area contributed by atoms with Crippen LogP contribution in [-0.4, -0.2) is 66.3 Å². The summed E-state index contributed by atoms with van der Waals surface area (Å²) in [6.07, 6.45) is 2.68. The third-order valence-corrected chi connectivity index (χ3v) is 5.56. The Morgan fingerprint density at radius 1 is 1.38 bits per heavy atom. The molecule has 0 aromatic heterocycles. The number of amides is 1. The molecule has 1 amide bonds. The molecule has 1 aromatic rings. The molecule has 3 rings (SSSR count). The molecule has 0 radical (unpaired) electrons. The van der Waals surface area contributed by atoms with Crippen molar-refractivity contribution in [3.63, 3.8) is 0 Å². The molecule has 0 spiro atoms. The molecule has 3 atom stereocenters. The lowest BCUT2D eigenvalue weighted by atomic mass is 9.79. The van der Waals surface area contributed by atoms with Crippen LogP contribution in [0.1, 0.15) is 41.6 Å². The maximum atomic E-state index is 13.2. The van der Waals surface area contributed by atoms with Gasteiger partial charge in [-0.05, 0) is 51.4 Å². The Morgan fingerprint density at radius 2 is 2.12 bits per heavy atom. The van der Waals surface area contributed by atoms with E-state index in [1.807, 2.05) is 43.3 Å². The van der Waals surface area contributed by atoms with E-state index in [0.29, 0.717) is 13.0 Å². The second-order valence-corrected chi connectivity index (χ2v) is 7.36. The van der Waals surface area contributed by atoms with Crippen LogP contribution < -0.4 is 0 Å². The molecule has 2 fully saturated rings. The van der Waals surface area contributed by atoms with Gasteiger partial charge < -0.3 is 19.6 Å². The summed E-state index contributed by atoms with van der Waals surface area (Å²) in [5.41, 5.74) is 1.52. The van der Waals surface area contributed by atoms with E-state index < -0.39 is 0 Å². The summed E-state index contributed by atoms with van der Waals surface area (Å²) in [5.74, 6) is 0.0606. The molecular formula is C19H28N2O3. The van der Waals surface area contributed by atoms with E-state index in [4.69, 9.17) is 4.74 Å². The normalized spacial score (nSPS) is 29.8. The minimum Gasteiger partial charge on any atom is -0.393 e. The van der Waals surface area contributed by atoms with Crippen LogP contribution in [0.3, 0.4) is 0 Å². The lowest BCUT2D eigenvalue weighted by Crippen LogP contribution is -2.52. The second-order valence-electron chi connectivity index (χ2n) is 7.36. The summed E-state index contributed by atoms with van der Waals surface area (Å²) < 4.78 is 5.85. The number of hydrogen-bond donors (Lipinski definition) is 1. The molecule has 1 N–H and O–H groups in total. The van der Waals surface area contributed by atoms with Crippen molar-refractivity contribution in [2.45, 2.75) is 50.0 Å². The van der Waals surface area contributed by atoms with Gasteiger partial charge in [-0.1, -0.05) is 18.2 Å². The van der Waals surface area contributed by atoms with Crippen LogP contribution in [-0.2, 0) is 11.3 Å². The zero-order valence-electron chi connectivity index (χ0n) is 14.9. The fraction of sp³-hybridized carbons (Fsp3) is 0.632. The van der Waals surface area contributed by atoms with E-state index in [2.05, 4.69) is 4.90 Å². The molecule has 1 heterocycles. The predicted octanol–water partition coefficient (Wildman–Crippen LogP) is 1.89. The fourth-order valence-electron chi connectivity index (χ4n) is 4.28. The highest BCUT2D eigenvalue weighted by Gasteiger charge is 2.52. The van der Waals surface area contributed by atoms with Gasteiger partial charge >= 0.3 is 0 Å². The molecule has 132 valence electrons. The van der Waals surface area contributed by atoms with Gasteiger partial charge in [0, 0.05) is 25.8 Å². The summed E-state index contributed by atoms with van der Waals surface area (Å²) in [4.78, 5) is 17.2. The maximum absolute atomic E-state index is 13.2. The zero-order valence-corrected chi connectivity index (χ0v) is 14.9. The Hall–Kier alpha value is -1.43. The SMILES string of the molecule is CO[C@@]12CCC(O)CC1N(C(=O)c1ccccc1CN(C)C)CC2. The Morgan fingerprint density at radius 3 is 2.83 bits per heavy atom. The van der Waals surface area contributed by atoms with Crippen LogP contribution in [0.15, 0.2) is 24.3 Å². The molecule has 2 unspecified atom stereocenters. The molecule has 24 heavy (non-hydrogen) atoms. The van der Waals surface area contributed by atoms with Crippen LogP contribution in [0, 0.1) is 0 Å². The molecule has 1 aromatic carbocycles. The average molecular weight is 332 g/mol. The van der Waals surface area contributed by atoms with Crippen molar-refractivity contribution >= 4 is 5.91 Å². The highest BCUT2D eigenvalue weighted by Crippen LogP contribution is 2.43. The van der Waals surface area contributed by atoms with Crippen LogP contribution in [0.5, 0.6) is 0 Å². The van der Waals surface area contributed by atoms with Crippen molar-refractivity contribution in [1.29, 1.82) is 0 Å². The van der Waals surface area contributed by atoms with E-state index in [0.717, 1.165) is 36.9 Å². The first-order valence-electron chi connectivity index (χ1n) is 8.73. The highest BCUT2D eigenvalue weighted by molar-refractivity contribution is 5.96. The largest absolute Gasteiger partial charge is 0.393 e.